The fourth-order valence-corrected chi connectivity index (χ4v) is 4.10. The van der Waals surface area contributed by atoms with E-state index in [4.69, 9.17) is 4.74 Å². The van der Waals surface area contributed by atoms with Crippen LogP contribution in [0.2, 0.25) is 0 Å². The molecule has 2 aliphatic rings. The Kier molecular flexibility index (Phi) is 5.06. The molecule has 3 rings (SSSR count). The topological polar surface area (TPSA) is 38.7 Å². The molecule has 1 fully saturated rings. The van der Waals surface area contributed by atoms with Crippen LogP contribution >= 0.6 is 0 Å². The van der Waals surface area contributed by atoms with Gasteiger partial charge in [0.05, 0.1) is 0 Å². The van der Waals surface area contributed by atoms with Crippen LogP contribution in [0.4, 0.5) is 0 Å². The molecular weight excluding hydrogens is 286 g/mol. The van der Waals surface area contributed by atoms with Crippen LogP contribution in [0, 0.1) is 5.92 Å². The number of hydrogen-bond donors (Lipinski definition) is 0. The van der Waals surface area contributed by atoms with E-state index in [1.165, 1.54) is 11.3 Å². The average molecular weight is 311 g/mol. The lowest BCUT2D eigenvalue weighted by Gasteiger charge is -2.34. The van der Waals surface area contributed by atoms with E-state index in [1.54, 1.807) is 7.11 Å². The van der Waals surface area contributed by atoms with Crippen molar-refractivity contribution in [3.63, 3.8) is 0 Å². The first kappa shape index (κ1) is 16.1. The number of rotatable bonds is 5. The van der Waals surface area contributed by atoms with Crippen LogP contribution in [0.3, 0.4) is 0 Å². The molecule has 0 saturated heterocycles. The van der Waals surface area contributed by atoms with Crippen LogP contribution in [-0.2, 0) is 14.9 Å². The largest absolute Gasteiger partial charge is 0.377 e. The number of ether oxygens (including phenoxy) is 1. The highest BCUT2D eigenvalue weighted by Crippen LogP contribution is 2.43. The molecule has 2 unspecified atom stereocenters. The smallest absolute Gasteiger partial charge is 0.161 e. The highest BCUT2D eigenvalue weighted by Gasteiger charge is 2.40. The van der Waals surface area contributed by atoms with Gasteiger partial charge in [0, 0.05) is 36.8 Å². The Bertz CT molecular complexity index is 605. The molecule has 1 saturated carbocycles. The van der Waals surface area contributed by atoms with Gasteiger partial charge in [-0.2, -0.15) is 0 Å². The number of Topliss-reactive ketones (excluding diaryl/α,β-unsaturated/α-hetero) is 1. The van der Waals surface area contributed by atoms with Crippen LogP contribution in [0.15, 0.2) is 47.6 Å². The number of methoxy groups -OCH3 is 1. The standard InChI is InChI=1S/C20H25NO2/c1-23-15-18(22)16-7-5-12-20(13-11-16,19-10-6-14-21-19)17-8-3-2-4-9-17/h2-4,6,8-9,14,16H,5,7,10-13,15H2,1H3. The van der Waals surface area contributed by atoms with Crippen molar-refractivity contribution in [3.05, 3.63) is 48.2 Å². The molecular formula is C20H25NO2. The van der Waals surface area contributed by atoms with Crippen LogP contribution < -0.4 is 0 Å². The molecule has 1 aliphatic heterocycles. The van der Waals surface area contributed by atoms with Crippen LogP contribution in [-0.4, -0.2) is 25.2 Å². The average Bonchev–Trinajstić information content (AvgIpc) is 3.03. The summed E-state index contributed by atoms with van der Waals surface area (Å²) in [7, 11) is 1.60. The zero-order valence-electron chi connectivity index (χ0n) is 13.8. The zero-order valence-corrected chi connectivity index (χ0v) is 13.8. The first-order valence-electron chi connectivity index (χ1n) is 8.55. The van der Waals surface area contributed by atoms with Crippen molar-refractivity contribution in [3.8, 4) is 0 Å². The Morgan fingerprint density at radius 2 is 2.09 bits per heavy atom. The first-order chi connectivity index (χ1) is 11.3. The van der Waals surface area contributed by atoms with Crippen molar-refractivity contribution in [2.24, 2.45) is 10.9 Å². The van der Waals surface area contributed by atoms with Gasteiger partial charge in [0.15, 0.2) is 5.78 Å². The second kappa shape index (κ2) is 7.22. The van der Waals surface area contributed by atoms with E-state index < -0.39 is 0 Å². The SMILES string of the molecule is COCC(=O)C1CCCC(C2=NC=CC2)(c2ccccc2)CC1. The molecule has 0 aromatic heterocycles. The van der Waals surface area contributed by atoms with Gasteiger partial charge >= 0.3 is 0 Å². The minimum absolute atomic E-state index is 0.00708. The highest BCUT2D eigenvalue weighted by atomic mass is 16.5. The van der Waals surface area contributed by atoms with E-state index >= 15 is 0 Å². The van der Waals surface area contributed by atoms with E-state index in [0.29, 0.717) is 0 Å². The normalized spacial score (nSPS) is 27.5. The minimum atomic E-state index is -0.00708. The summed E-state index contributed by atoms with van der Waals surface area (Å²) in [4.78, 5) is 16.9. The molecule has 0 spiro atoms. The Labute approximate surface area is 138 Å². The van der Waals surface area contributed by atoms with Gasteiger partial charge in [0.1, 0.15) is 6.61 Å². The number of allylic oxidation sites excluding steroid dienone is 1. The molecule has 23 heavy (non-hydrogen) atoms. The molecule has 1 aromatic carbocycles. The predicted octanol–water partition coefficient (Wildman–Crippen LogP) is 4.08. The van der Waals surface area contributed by atoms with Gasteiger partial charge in [-0.25, -0.2) is 0 Å². The van der Waals surface area contributed by atoms with Crippen molar-refractivity contribution in [1.29, 1.82) is 0 Å². The van der Waals surface area contributed by atoms with Gasteiger partial charge < -0.3 is 4.74 Å². The Morgan fingerprint density at radius 1 is 1.26 bits per heavy atom. The number of carbonyl (C=O) groups is 1. The molecule has 1 aliphatic carbocycles. The fourth-order valence-electron chi connectivity index (χ4n) is 4.10. The maximum Gasteiger partial charge on any atom is 0.161 e. The third-order valence-electron chi connectivity index (χ3n) is 5.34. The zero-order chi connectivity index (χ0) is 16.1. The Morgan fingerprint density at radius 3 is 2.78 bits per heavy atom. The van der Waals surface area contributed by atoms with E-state index in [2.05, 4.69) is 41.4 Å². The third-order valence-corrected chi connectivity index (χ3v) is 5.34. The first-order valence-corrected chi connectivity index (χ1v) is 8.55. The lowest BCUT2D eigenvalue weighted by molar-refractivity contribution is -0.126. The van der Waals surface area contributed by atoms with Gasteiger partial charge in [-0.15, -0.1) is 0 Å². The summed E-state index contributed by atoms with van der Waals surface area (Å²) in [5, 5.41) is 0. The molecule has 1 aromatic rings. The molecule has 0 bridgehead atoms. The molecule has 3 nitrogen and oxygen atoms in total. The summed E-state index contributed by atoms with van der Waals surface area (Å²) in [5.41, 5.74) is 2.61. The van der Waals surface area contributed by atoms with E-state index in [1.807, 2.05) is 6.20 Å². The van der Waals surface area contributed by atoms with Crippen molar-refractivity contribution in [1.82, 2.24) is 0 Å². The van der Waals surface area contributed by atoms with Gasteiger partial charge in [0.25, 0.3) is 0 Å². The molecule has 0 radical (unpaired) electrons. The molecule has 2 atom stereocenters. The van der Waals surface area contributed by atoms with Crippen molar-refractivity contribution >= 4 is 11.5 Å². The maximum absolute atomic E-state index is 12.3. The summed E-state index contributed by atoms with van der Waals surface area (Å²) in [6, 6.07) is 10.7. The molecule has 122 valence electrons. The van der Waals surface area contributed by atoms with Gasteiger partial charge in [-0.05, 0) is 31.2 Å². The van der Waals surface area contributed by atoms with E-state index in [0.717, 1.165) is 38.5 Å². The Balaban J connectivity index is 1.87. The second-order valence-electron chi connectivity index (χ2n) is 6.64. The molecule has 3 heteroatoms. The monoisotopic (exact) mass is 311 g/mol. The third kappa shape index (κ3) is 3.30. The number of hydrogen-bond acceptors (Lipinski definition) is 3. The van der Waals surface area contributed by atoms with Gasteiger partial charge in [-0.3, -0.25) is 9.79 Å². The predicted molar refractivity (Wildman–Crippen MR) is 92.8 cm³/mol. The van der Waals surface area contributed by atoms with Gasteiger partial charge in [-0.1, -0.05) is 42.8 Å². The fraction of sp³-hybridized carbons (Fsp3) is 0.500. The van der Waals surface area contributed by atoms with Crippen LogP contribution in [0.1, 0.15) is 44.1 Å². The molecule has 1 heterocycles. The minimum Gasteiger partial charge on any atom is -0.377 e. The van der Waals surface area contributed by atoms with Crippen molar-refractivity contribution in [2.45, 2.75) is 43.9 Å². The number of aliphatic imine (C=N–C) groups is 1. The number of benzene rings is 1. The summed E-state index contributed by atoms with van der Waals surface area (Å²) in [6.07, 6.45) is 10.0. The maximum atomic E-state index is 12.3. The van der Waals surface area contributed by atoms with E-state index in [-0.39, 0.29) is 23.7 Å². The number of ketones is 1. The van der Waals surface area contributed by atoms with Crippen LogP contribution in [0.25, 0.3) is 0 Å². The number of carbonyl (C=O) groups excluding carboxylic acids is 1. The second-order valence-corrected chi connectivity index (χ2v) is 6.64. The lowest BCUT2D eigenvalue weighted by atomic mass is 9.69. The van der Waals surface area contributed by atoms with Crippen molar-refractivity contribution in [2.75, 3.05) is 13.7 Å². The van der Waals surface area contributed by atoms with E-state index in [9.17, 15) is 4.79 Å². The molecule has 0 amide bonds. The highest BCUT2D eigenvalue weighted by molar-refractivity contribution is 5.98. The lowest BCUT2D eigenvalue weighted by Crippen LogP contribution is -2.35. The molecule has 0 N–H and O–H groups in total. The Hall–Kier alpha value is -1.74. The van der Waals surface area contributed by atoms with Gasteiger partial charge in [0.2, 0.25) is 0 Å². The summed E-state index contributed by atoms with van der Waals surface area (Å²) in [6.45, 7) is 0.242. The number of nitrogens with zero attached hydrogens (tertiary/aromatic N) is 1. The summed E-state index contributed by atoms with van der Waals surface area (Å²) >= 11 is 0. The van der Waals surface area contributed by atoms with Crippen LogP contribution in [0.5, 0.6) is 0 Å². The summed E-state index contributed by atoms with van der Waals surface area (Å²) < 4.78 is 5.05. The quantitative estimate of drug-likeness (QED) is 0.769. The van der Waals surface area contributed by atoms with Crippen molar-refractivity contribution < 1.29 is 9.53 Å². The summed E-state index contributed by atoms with van der Waals surface area (Å²) in [5.74, 6) is 0.387.